The number of alkyl halides is 2. The van der Waals surface area contributed by atoms with Crippen LogP contribution in [0.15, 0.2) is 12.3 Å². The molecular weight excluding hydrogens is 244 g/mol. The van der Waals surface area contributed by atoms with E-state index < -0.39 is 24.3 Å². The maximum atomic E-state index is 12.3. The predicted octanol–water partition coefficient (Wildman–Crippen LogP) is 2.86. The van der Waals surface area contributed by atoms with Crippen LogP contribution in [0.3, 0.4) is 0 Å². The molecule has 1 rings (SSSR count). The largest absolute Gasteiger partial charge is 0.444 e. The zero-order valence-corrected chi connectivity index (χ0v) is 10.8. The molecule has 1 atom stereocenters. The summed E-state index contributed by atoms with van der Waals surface area (Å²) in [7, 11) is 0. The Morgan fingerprint density at radius 1 is 1.50 bits per heavy atom. The van der Waals surface area contributed by atoms with Crippen LogP contribution in [0.2, 0.25) is 0 Å². The van der Waals surface area contributed by atoms with Gasteiger partial charge >= 0.3 is 12.6 Å². The van der Waals surface area contributed by atoms with Crippen molar-refractivity contribution in [3.63, 3.8) is 0 Å². The van der Waals surface area contributed by atoms with Crippen LogP contribution in [0.1, 0.15) is 46.0 Å². The van der Waals surface area contributed by atoms with E-state index in [4.69, 9.17) is 4.74 Å². The summed E-state index contributed by atoms with van der Waals surface area (Å²) >= 11 is 0. The molecule has 0 spiro atoms. The Morgan fingerprint density at radius 2 is 2.11 bits per heavy atom. The number of hydrogen-bond acceptors (Lipinski definition) is 3. The van der Waals surface area contributed by atoms with Crippen molar-refractivity contribution in [3.8, 4) is 0 Å². The second-order valence-corrected chi connectivity index (χ2v) is 4.87. The van der Waals surface area contributed by atoms with E-state index in [9.17, 15) is 13.6 Å². The Morgan fingerprint density at radius 3 is 2.56 bits per heavy atom. The molecule has 1 N–H and O–H groups in total. The van der Waals surface area contributed by atoms with Crippen LogP contribution in [-0.2, 0) is 4.74 Å². The van der Waals surface area contributed by atoms with E-state index in [2.05, 4.69) is 10.4 Å². The quantitative estimate of drug-likeness (QED) is 0.910. The normalized spacial score (nSPS) is 13.5. The lowest BCUT2D eigenvalue weighted by molar-refractivity contribution is 0.0502. The number of rotatable bonds is 3. The monoisotopic (exact) mass is 261 g/mol. The van der Waals surface area contributed by atoms with Crippen LogP contribution >= 0.6 is 0 Å². The average Bonchev–Trinajstić information content (AvgIpc) is 2.62. The van der Waals surface area contributed by atoms with Crippen molar-refractivity contribution in [2.75, 3.05) is 0 Å². The van der Waals surface area contributed by atoms with Crippen LogP contribution < -0.4 is 5.32 Å². The highest BCUT2D eigenvalue weighted by Gasteiger charge is 2.19. The van der Waals surface area contributed by atoms with Crippen molar-refractivity contribution in [1.29, 1.82) is 0 Å². The first kappa shape index (κ1) is 14.4. The molecule has 0 bridgehead atoms. The van der Waals surface area contributed by atoms with Gasteiger partial charge in [-0.3, -0.25) is 0 Å². The fourth-order valence-electron chi connectivity index (χ4n) is 1.25. The fraction of sp³-hybridized carbons (Fsp3) is 0.636. The summed E-state index contributed by atoms with van der Waals surface area (Å²) in [6.07, 6.45) is 0.550. The Balaban J connectivity index is 2.59. The molecule has 1 heterocycles. The van der Waals surface area contributed by atoms with Crippen molar-refractivity contribution < 1.29 is 18.3 Å². The summed E-state index contributed by atoms with van der Waals surface area (Å²) in [6.45, 7) is 4.17. The predicted molar refractivity (Wildman–Crippen MR) is 61.3 cm³/mol. The molecular formula is C11H17F2N3O2. The van der Waals surface area contributed by atoms with Crippen molar-refractivity contribution >= 4 is 6.09 Å². The van der Waals surface area contributed by atoms with E-state index in [0.29, 0.717) is 10.4 Å². The Bertz CT molecular complexity index is 413. The van der Waals surface area contributed by atoms with Gasteiger partial charge in [-0.15, -0.1) is 0 Å². The second kappa shape index (κ2) is 5.32. The van der Waals surface area contributed by atoms with Crippen LogP contribution in [0.4, 0.5) is 13.6 Å². The fourth-order valence-corrected chi connectivity index (χ4v) is 1.25. The van der Waals surface area contributed by atoms with Gasteiger partial charge in [0.1, 0.15) is 5.60 Å². The number of nitrogens with one attached hydrogen (secondary N) is 1. The van der Waals surface area contributed by atoms with Crippen molar-refractivity contribution in [3.05, 3.63) is 18.0 Å². The lowest BCUT2D eigenvalue weighted by Gasteiger charge is -2.21. The Labute approximate surface area is 104 Å². The van der Waals surface area contributed by atoms with Gasteiger partial charge in [0, 0.05) is 6.20 Å². The van der Waals surface area contributed by atoms with E-state index in [1.54, 1.807) is 27.7 Å². The molecule has 0 radical (unpaired) electrons. The molecule has 1 amide bonds. The molecule has 0 unspecified atom stereocenters. The van der Waals surface area contributed by atoms with E-state index >= 15 is 0 Å². The van der Waals surface area contributed by atoms with Crippen molar-refractivity contribution in [2.24, 2.45) is 0 Å². The van der Waals surface area contributed by atoms with Gasteiger partial charge in [-0.2, -0.15) is 13.9 Å². The lowest BCUT2D eigenvalue weighted by atomic mass is 10.2. The average molecular weight is 261 g/mol. The zero-order valence-electron chi connectivity index (χ0n) is 10.8. The second-order valence-electron chi connectivity index (χ2n) is 4.87. The molecule has 1 aromatic rings. The Hall–Kier alpha value is -1.66. The summed E-state index contributed by atoms with van der Waals surface area (Å²) in [5.41, 5.74) is -0.257. The van der Waals surface area contributed by atoms with Gasteiger partial charge in [-0.25, -0.2) is 9.48 Å². The standard InChI is InChI=1S/C11H17F2N3O2/c1-7(14-10(17)18-11(2,3)4)8-5-6-16(15-8)9(12)13/h5-7,9H,1-4H3,(H,14,17)/t7-/m0/s1. The maximum absolute atomic E-state index is 12.3. The third kappa shape index (κ3) is 4.31. The first-order valence-corrected chi connectivity index (χ1v) is 5.52. The summed E-state index contributed by atoms with van der Waals surface area (Å²) < 4.78 is 30.2. The molecule has 0 aliphatic carbocycles. The smallest absolute Gasteiger partial charge is 0.408 e. The Kier molecular flexibility index (Phi) is 4.26. The third-order valence-corrected chi connectivity index (χ3v) is 2.01. The van der Waals surface area contributed by atoms with E-state index in [1.807, 2.05) is 0 Å². The molecule has 0 aromatic carbocycles. The number of halogens is 2. The molecule has 0 saturated heterocycles. The van der Waals surface area contributed by atoms with Crippen LogP contribution in [0.25, 0.3) is 0 Å². The lowest BCUT2D eigenvalue weighted by Crippen LogP contribution is -2.34. The molecule has 102 valence electrons. The third-order valence-electron chi connectivity index (χ3n) is 2.01. The van der Waals surface area contributed by atoms with Gasteiger partial charge in [0.25, 0.3) is 0 Å². The van der Waals surface area contributed by atoms with Gasteiger partial charge in [0.15, 0.2) is 0 Å². The first-order valence-electron chi connectivity index (χ1n) is 5.52. The SMILES string of the molecule is C[C@H](NC(=O)OC(C)(C)C)c1ccn(C(F)F)n1. The molecule has 18 heavy (non-hydrogen) atoms. The molecule has 0 saturated carbocycles. The van der Waals surface area contributed by atoms with Crippen LogP contribution in [0.5, 0.6) is 0 Å². The highest BCUT2D eigenvalue weighted by Crippen LogP contribution is 2.15. The summed E-state index contributed by atoms with van der Waals surface area (Å²) in [4.78, 5) is 11.5. The van der Waals surface area contributed by atoms with Crippen molar-refractivity contribution in [1.82, 2.24) is 15.1 Å². The van der Waals surface area contributed by atoms with E-state index in [-0.39, 0.29) is 0 Å². The number of alkyl carbamates (subject to hydrolysis) is 1. The van der Waals surface area contributed by atoms with E-state index in [0.717, 1.165) is 6.20 Å². The molecule has 5 nitrogen and oxygen atoms in total. The first-order chi connectivity index (χ1) is 8.19. The number of nitrogens with zero attached hydrogens (tertiary/aromatic N) is 2. The van der Waals surface area contributed by atoms with Crippen LogP contribution in [0, 0.1) is 0 Å². The number of aromatic nitrogens is 2. The number of amides is 1. The number of carbonyl (C=O) groups is 1. The minimum absolute atomic E-state index is 0.348. The highest BCUT2D eigenvalue weighted by atomic mass is 19.3. The van der Waals surface area contributed by atoms with E-state index in [1.165, 1.54) is 6.07 Å². The van der Waals surface area contributed by atoms with Gasteiger partial charge in [0.05, 0.1) is 11.7 Å². The zero-order chi connectivity index (χ0) is 13.9. The van der Waals surface area contributed by atoms with Gasteiger partial charge < -0.3 is 10.1 Å². The highest BCUT2D eigenvalue weighted by molar-refractivity contribution is 5.68. The number of hydrogen-bond donors (Lipinski definition) is 1. The molecule has 1 aromatic heterocycles. The molecule has 0 aliphatic rings. The summed E-state index contributed by atoms with van der Waals surface area (Å²) in [5.74, 6) is 0. The minimum atomic E-state index is -2.69. The van der Waals surface area contributed by atoms with Crippen molar-refractivity contribution in [2.45, 2.75) is 45.9 Å². The maximum Gasteiger partial charge on any atom is 0.408 e. The molecule has 0 aliphatic heterocycles. The number of carbonyl (C=O) groups excluding carboxylic acids is 1. The topological polar surface area (TPSA) is 56.1 Å². The summed E-state index contributed by atoms with van der Waals surface area (Å²) in [6, 6.07) is 0.925. The minimum Gasteiger partial charge on any atom is -0.444 e. The van der Waals surface area contributed by atoms with Gasteiger partial charge in [-0.05, 0) is 33.8 Å². The van der Waals surface area contributed by atoms with Gasteiger partial charge in [-0.1, -0.05) is 0 Å². The van der Waals surface area contributed by atoms with Gasteiger partial charge in [0.2, 0.25) is 0 Å². The summed E-state index contributed by atoms with van der Waals surface area (Å²) in [5, 5.41) is 6.18. The number of ether oxygens (including phenoxy) is 1. The molecule has 0 fully saturated rings. The van der Waals surface area contributed by atoms with Crippen LogP contribution in [-0.4, -0.2) is 21.5 Å². The molecule has 7 heteroatoms.